The van der Waals surface area contributed by atoms with E-state index in [2.05, 4.69) is 11.1 Å². The minimum absolute atomic E-state index is 0.290. The Hall–Kier alpha value is -1.38. The Morgan fingerprint density at radius 3 is 3.07 bits per heavy atom. The van der Waals surface area contributed by atoms with E-state index >= 15 is 0 Å². The lowest BCUT2D eigenvalue weighted by Crippen LogP contribution is -2.15. The van der Waals surface area contributed by atoms with Gasteiger partial charge in [0.05, 0.1) is 0 Å². The van der Waals surface area contributed by atoms with Gasteiger partial charge in [0.15, 0.2) is 0 Å². The summed E-state index contributed by atoms with van der Waals surface area (Å²) in [5, 5.41) is 0. The van der Waals surface area contributed by atoms with Crippen LogP contribution in [-0.4, -0.2) is 10.8 Å². The maximum atomic E-state index is 11.4. The van der Waals surface area contributed by atoms with E-state index in [1.165, 1.54) is 0 Å². The number of hydrogen-bond acceptors (Lipinski definition) is 3. The van der Waals surface area contributed by atoms with Crippen molar-refractivity contribution in [2.75, 3.05) is 5.73 Å². The van der Waals surface area contributed by atoms with E-state index in [0.29, 0.717) is 23.9 Å². The van der Waals surface area contributed by atoms with Gasteiger partial charge < -0.3 is 5.73 Å². The number of pyridine rings is 1. The first-order chi connectivity index (χ1) is 7.16. The van der Waals surface area contributed by atoms with Crippen molar-refractivity contribution in [2.45, 2.75) is 38.5 Å². The quantitative estimate of drug-likeness (QED) is 0.763. The van der Waals surface area contributed by atoms with Crippen molar-refractivity contribution in [1.29, 1.82) is 0 Å². The largest absolute Gasteiger partial charge is 0.383 e. The molecule has 15 heavy (non-hydrogen) atoms. The molecule has 1 unspecified atom stereocenters. The van der Waals surface area contributed by atoms with Gasteiger partial charge in [-0.15, -0.1) is 0 Å². The number of anilines is 1. The maximum Gasteiger partial charge on any atom is 0.133 e. The molecule has 1 aliphatic carbocycles. The number of aryl methyl sites for hydroxylation is 1. The molecule has 0 amide bonds. The van der Waals surface area contributed by atoms with E-state index in [9.17, 15) is 4.79 Å². The second-order valence-electron chi connectivity index (χ2n) is 4.32. The zero-order valence-electron chi connectivity index (χ0n) is 8.99. The van der Waals surface area contributed by atoms with Crippen molar-refractivity contribution in [2.24, 2.45) is 0 Å². The van der Waals surface area contributed by atoms with Crippen LogP contribution in [0.2, 0.25) is 0 Å². The topological polar surface area (TPSA) is 56.0 Å². The summed E-state index contributed by atoms with van der Waals surface area (Å²) >= 11 is 0. The van der Waals surface area contributed by atoms with Crippen molar-refractivity contribution < 1.29 is 4.79 Å². The highest BCUT2D eigenvalue weighted by molar-refractivity contribution is 5.80. The molecule has 2 rings (SSSR count). The molecule has 1 fully saturated rings. The molecule has 1 heterocycles. The minimum Gasteiger partial charge on any atom is -0.383 e. The molecule has 0 bridgehead atoms. The van der Waals surface area contributed by atoms with Crippen molar-refractivity contribution >= 4 is 11.6 Å². The molecule has 1 atom stereocenters. The first-order valence-corrected chi connectivity index (χ1v) is 5.40. The van der Waals surface area contributed by atoms with E-state index in [0.717, 1.165) is 30.4 Å². The molecule has 0 aromatic carbocycles. The van der Waals surface area contributed by atoms with E-state index in [4.69, 9.17) is 5.73 Å². The van der Waals surface area contributed by atoms with Gasteiger partial charge in [-0.25, -0.2) is 4.98 Å². The van der Waals surface area contributed by atoms with Crippen molar-refractivity contribution in [3.63, 3.8) is 0 Å². The number of nitrogen functional groups attached to an aromatic ring is 1. The van der Waals surface area contributed by atoms with Crippen LogP contribution in [0.3, 0.4) is 0 Å². The highest BCUT2D eigenvalue weighted by Gasteiger charge is 2.22. The fourth-order valence-corrected chi connectivity index (χ4v) is 2.22. The van der Waals surface area contributed by atoms with Crippen LogP contribution in [0.5, 0.6) is 0 Å². The molecular weight excluding hydrogens is 188 g/mol. The normalized spacial score (nSPS) is 21.7. The van der Waals surface area contributed by atoms with Gasteiger partial charge >= 0.3 is 0 Å². The highest BCUT2D eigenvalue weighted by Crippen LogP contribution is 2.33. The standard InChI is InChI=1S/C12H16N2O/c1-8-5-11(12(13)14-7-8)9-3-2-4-10(15)6-9/h5,7,9H,2-4,6H2,1H3,(H2,13,14). The SMILES string of the molecule is Cc1cnc(N)c(C2CCCC(=O)C2)c1. The van der Waals surface area contributed by atoms with Gasteiger partial charge in [-0.2, -0.15) is 0 Å². The van der Waals surface area contributed by atoms with Gasteiger partial charge in [0.25, 0.3) is 0 Å². The number of rotatable bonds is 1. The molecule has 80 valence electrons. The fraction of sp³-hybridized carbons (Fsp3) is 0.500. The van der Waals surface area contributed by atoms with Gasteiger partial charge in [0.1, 0.15) is 11.6 Å². The third-order valence-corrected chi connectivity index (χ3v) is 3.01. The summed E-state index contributed by atoms with van der Waals surface area (Å²) in [6.45, 7) is 2.00. The third kappa shape index (κ3) is 2.17. The van der Waals surface area contributed by atoms with Gasteiger partial charge in [-0.1, -0.05) is 6.07 Å². The number of ketones is 1. The number of aromatic nitrogens is 1. The number of nitrogens with two attached hydrogens (primary N) is 1. The first-order valence-electron chi connectivity index (χ1n) is 5.40. The Morgan fingerprint density at radius 1 is 1.53 bits per heavy atom. The predicted octanol–water partition coefficient (Wildman–Crippen LogP) is 2.20. The Balaban J connectivity index is 2.27. The molecule has 1 aromatic heterocycles. The average Bonchev–Trinajstić information content (AvgIpc) is 2.22. The molecule has 2 N–H and O–H groups in total. The number of carbonyl (C=O) groups excluding carboxylic acids is 1. The number of carbonyl (C=O) groups is 1. The smallest absolute Gasteiger partial charge is 0.133 e. The lowest BCUT2D eigenvalue weighted by atomic mass is 9.83. The lowest BCUT2D eigenvalue weighted by Gasteiger charge is -2.22. The molecule has 0 radical (unpaired) electrons. The van der Waals surface area contributed by atoms with Gasteiger partial charge in [-0.3, -0.25) is 4.79 Å². The lowest BCUT2D eigenvalue weighted by molar-refractivity contribution is -0.120. The molecule has 3 nitrogen and oxygen atoms in total. The van der Waals surface area contributed by atoms with Crippen LogP contribution < -0.4 is 5.73 Å². The Kier molecular flexibility index (Phi) is 2.71. The van der Waals surface area contributed by atoms with Crippen LogP contribution >= 0.6 is 0 Å². The summed E-state index contributed by atoms with van der Waals surface area (Å²) in [5.74, 6) is 1.23. The van der Waals surface area contributed by atoms with Crippen LogP contribution in [0.4, 0.5) is 5.82 Å². The van der Waals surface area contributed by atoms with Crippen LogP contribution in [0, 0.1) is 6.92 Å². The second-order valence-corrected chi connectivity index (χ2v) is 4.32. The summed E-state index contributed by atoms with van der Waals surface area (Å²) < 4.78 is 0. The Morgan fingerprint density at radius 2 is 2.33 bits per heavy atom. The second kappa shape index (κ2) is 4.01. The maximum absolute atomic E-state index is 11.4. The first kappa shape index (κ1) is 10.1. The summed E-state index contributed by atoms with van der Waals surface area (Å²) in [4.78, 5) is 15.5. The summed E-state index contributed by atoms with van der Waals surface area (Å²) in [7, 11) is 0. The molecule has 0 saturated heterocycles. The molecular formula is C12H16N2O. The van der Waals surface area contributed by atoms with Crippen molar-refractivity contribution in [3.05, 3.63) is 23.4 Å². The van der Waals surface area contributed by atoms with Gasteiger partial charge in [0, 0.05) is 19.0 Å². The molecule has 3 heteroatoms. The van der Waals surface area contributed by atoms with E-state index in [-0.39, 0.29) is 0 Å². The van der Waals surface area contributed by atoms with Crippen LogP contribution in [0.25, 0.3) is 0 Å². The molecule has 1 aromatic rings. The Labute approximate surface area is 89.7 Å². The predicted molar refractivity (Wildman–Crippen MR) is 59.6 cm³/mol. The van der Waals surface area contributed by atoms with Crippen LogP contribution in [0.15, 0.2) is 12.3 Å². The monoisotopic (exact) mass is 204 g/mol. The number of nitrogens with zero attached hydrogens (tertiary/aromatic N) is 1. The van der Waals surface area contributed by atoms with Gasteiger partial charge in [-0.05, 0) is 36.8 Å². The molecule has 1 aliphatic rings. The summed E-state index contributed by atoms with van der Waals surface area (Å²) in [6, 6.07) is 2.06. The van der Waals surface area contributed by atoms with Crippen LogP contribution in [0.1, 0.15) is 42.7 Å². The molecule has 1 saturated carbocycles. The third-order valence-electron chi connectivity index (χ3n) is 3.01. The minimum atomic E-state index is 0.290. The van der Waals surface area contributed by atoms with E-state index in [1.54, 1.807) is 6.20 Å². The summed E-state index contributed by atoms with van der Waals surface area (Å²) in [6.07, 6.45) is 5.17. The summed E-state index contributed by atoms with van der Waals surface area (Å²) in [5.41, 5.74) is 8.01. The van der Waals surface area contributed by atoms with Crippen molar-refractivity contribution in [1.82, 2.24) is 4.98 Å². The Bertz CT molecular complexity index is 387. The molecule has 0 spiro atoms. The highest BCUT2D eigenvalue weighted by atomic mass is 16.1. The molecule has 0 aliphatic heterocycles. The average molecular weight is 204 g/mol. The van der Waals surface area contributed by atoms with E-state index < -0.39 is 0 Å². The van der Waals surface area contributed by atoms with Crippen molar-refractivity contribution in [3.8, 4) is 0 Å². The van der Waals surface area contributed by atoms with E-state index in [1.807, 2.05) is 6.92 Å². The number of hydrogen-bond donors (Lipinski definition) is 1. The van der Waals surface area contributed by atoms with Crippen LogP contribution in [-0.2, 0) is 4.79 Å². The zero-order valence-corrected chi connectivity index (χ0v) is 8.99. The van der Waals surface area contributed by atoms with Gasteiger partial charge in [0.2, 0.25) is 0 Å². The fourth-order valence-electron chi connectivity index (χ4n) is 2.22. The zero-order chi connectivity index (χ0) is 10.8. The number of Topliss-reactive ketones (excluding diaryl/α,β-unsaturated/α-hetero) is 1.